The average molecular weight is 600 g/mol. The normalized spacial score (nSPS) is 15.0. The van der Waals surface area contributed by atoms with E-state index < -0.39 is 12.0 Å². The zero-order valence-electron chi connectivity index (χ0n) is 21.4. The van der Waals surface area contributed by atoms with Crippen LogP contribution in [0.2, 0.25) is 0 Å². The Labute approximate surface area is 232 Å². The fraction of sp³-hybridized carbons (Fsp3) is 0.250. The average Bonchev–Trinajstić information content (AvgIpc) is 3.20. The first-order valence-corrected chi connectivity index (χ1v) is 13.4. The van der Waals surface area contributed by atoms with Crippen molar-refractivity contribution in [3.63, 3.8) is 0 Å². The Bertz CT molecular complexity index is 1600. The molecule has 1 atom stereocenters. The lowest BCUT2D eigenvalue weighted by Gasteiger charge is -2.25. The lowest BCUT2D eigenvalue weighted by Crippen LogP contribution is -2.39. The van der Waals surface area contributed by atoms with Crippen LogP contribution in [0.1, 0.15) is 31.0 Å². The molecule has 0 unspecified atom stereocenters. The standard InChI is InChI=1S/C28H27BrN2O6S/c1-6-12-37-21-10-8-17(13-22(21)35-5)14-23-26(32)31-25(18-9-11-20(34-4)19(29)15-18)24(27(33)36-7-2)16(3)30-28(31)38-23/h6,8-11,13-15,25H,1,7,12H2,2-5H3/b23-14+/t25-/m1/s1. The monoisotopic (exact) mass is 598 g/mol. The fourth-order valence-corrected chi connectivity index (χ4v) is 5.76. The van der Waals surface area contributed by atoms with Crippen molar-refractivity contribution in [2.75, 3.05) is 27.4 Å². The number of fused-ring (bicyclic) bond motifs is 1. The molecule has 0 saturated heterocycles. The highest BCUT2D eigenvalue weighted by atomic mass is 79.9. The van der Waals surface area contributed by atoms with E-state index in [-0.39, 0.29) is 12.2 Å². The molecule has 0 amide bonds. The first kappa shape index (κ1) is 27.4. The molecule has 1 aliphatic heterocycles. The van der Waals surface area contributed by atoms with Crippen LogP contribution in [0, 0.1) is 0 Å². The molecule has 0 aliphatic carbocycles. The first-order valence-electron chi connectivity index (χ1n) is 11.8. The second-order valence-corrected chi connectivity index (χ2v) is 10.1. The van der Waals surface area contributed by atoms with Gasteiger partial charge in [-0.1, -0.05) is 36.1 Å². The summed E-state index contributed by atoms with van der Waals surface area (Å²) in [5.74, 6) is 1.23. The highest BCUT2D eigenvalue weighted by Gasteiger charge is 2.33. The van der Waals surface area contributed by atoms with Gasteiger partial charge in [-0.05, 0) is 71.2 Å². The van der Waals surface area contributed by atoms with Gasteiger partial charge in [0.15, 0.2) is 16.3 Å². The number of nitrogens with zero attached hydrogens (tertiary/aromatic N) is 2. The van der Waals surface area contributed by atoms with Gasteiger partial charge in [0.05, 0.1) is 47.1 Å². The summed E-state index contributed by atoms with van der Waals surface area (Å²) in [4.78, 5) is 32.0. The third kappa shape index (κ3) is 5.32. The lowest BCUT2D eigenvalue weighted by atomic mass is 9.96. The molecule has 3 aromatic rings. The molecule has 0 saturated carbocycles. The van der Waals surface area contributed by atoms with Gasteiger partial charge >= 0.3 is 5.97 Å². The maximum absolute atomic E-state index is 13.8. The quantitative estimate of drug-likeness (QED) is 0.272. The minimum absolute atomic E-state index is 0.202. The predicted molar refractivity (Wildman–Crippen MR) is 150 cm³/mol. The molecule has 8 nitrogen and oxygen atoms in total. The van der Waals surface area contributed by atoms with Crippen molar-refractivity contribution in [3.8, 4) is 17.2 Å². The number of ether oxygens (including phenoxy) is 4. The Balaban J connectivity index is 1.89. The Morgan fingerprint density at radius 3 is 2.55 bits per heavy atom. The molecule has 1 aliphatic rings. The molecule has 0 fully saturated rings. The van der Waals surface area contributed by atoms with E-state index in [0.717, 1.165) is 5.56 Å². The molecular weight excluding hydrogens is 572 g/mol. The van der Waals surface area contributed by atoms with Gasteiger partial charge < -0.3 is 18.9 Å². The van der Waals surface area contributed by atoms with Gasteiger partial charge in [-0.3, -0.25) is 9.36 Å². The Kier molecular flexibility index (Phi) is 8.53. The molecule has 1 aromatic heterocycles. The highest BCUT2D eigenvalue weighted by molar-refractivity contribution is 9.10. The number of carbonyl (C=O) groups excluding carboxylic acids is 1. The second-order valence-electron chi connectivity index (χ2n) is 8.21. The molecular formula is C28H27BrN2O6S. The number of halogens is 1. The number of hydrogen-bond donors (Lipinski definition) is 0. The van der Waals surface area contributed by atoms with E-state index in [1.165, 1.54) is 11.3 Å². The van der Waals surface area contributed by atoms with Crippen molar-refractivity contribution in [3.05, 3.63) is 95.6 Å². The van der Waals surface area contributed by atoms with E-state index in [9.17, 15) is 9.59 Å². The zero-order valence-corrected chi connectivity index (χ0v) is 23.9. The van der Waals surface area contributed by atoms with Gasteiger partial charge in [-0.15, -0.1) is 0 Å². The van der Waals surface area contributed by atoms with Crippen LogP contribution in [0.25, 0.3) is 6.08 Å². The third-order valence-electron chi connectivity index (χ3n) is 5.85. The Morgan fingerprint density at radius 1 is 1.16 bits per heavy atom. The third-order valence-corrected chi connectivity index (χ3v) is 7.45. The lowest BCUT2D eigenvalue weighted by molar-refractivity contribution is -0.139. The summed E-state index contributed by atoms with van der Waals surface area (Å²) in [6, 6.07) is 10.2. The van der Waals surface area contributed by atoms with E-state index in [0.29, 0.717) is 54.5 Å². The molecule has 0 bridgehead atoms. The SMILES string of the molecule is C=CCOc1ccc(/C=c2/sc3n(c2=O)[C@H](c2ccc(OC)c(Br)c2)C(C(=O)OCC)=C(C)N=3)cc1OC. The van der Waals surface area contributed by atoms with Crippen LogP contribution >= 0.6 is 27.3 Å². The van der Waals surface area contributed by atoms with Crippen LogP contribution in [0.3, 0.4) is 0 Å². The van der Waals surface area contributed by atoms with Crippen LogP contribution in [0.4, 0.5) is 0 Å². The maximum Gasteiger partial charge on any atom is 0.338 e. The van der Waals surface area contributed by atoms with E-state index in [1.807, 2.05) is 18.2 Å². The Hall–Kier alpha value is -3.63. The van der Waals surface area contributed by atoms with Crippen LogP contribution in [0.15, 0.2) is 74.6 Å². The molecule has 4 rings (SSSR count). The molecule has 0 radical (unpaired) electrons. The fourth-order valence-electron chi connectivity index (χ4n) is 4.15. The minimum Gasteiger partial charge on any atom is -0.496 e. The van der Waals surface area contributed by atoms with Crippen LogP contribution in [-0.4, -0.2) is 38.0 Å². The number of esters is 1. The topological polar surface area (TPSA) is 88.4 Å². The number of carbonyl (C=O) groups is 1. The van der Waals surface area contributed by atoms with Crippen molar-refractivity contribution >= 4 is 39.3 Å². The van der Waals surface area contributed by atoms with Crippen molar-refractivity contribution in [2.45, 2.75) is 19.9 Å². The number of aromatic nitrogens is 1. The van der Waals surface area contributed by atoms with Crippen LogP contribution < -0.4 is 29.1 Å². The van der Waals surface area contributed by atoms with Crippen LogP contribution in [-0.2, 0) is 9.53 Å². The van der Waals surface area contributed by atoms with E-state index >= 15 is 0 Å². The smallest absolute Gasteiger partial charge is 0.338 e. The summed E-state index contributed by atoms with van der Waals surface area (Å²) < 4.78 is 24.5. The molecule has 2 heterocycles. The minimum atomic E-state index is -0.723. The summed E-state index contributed by atoms with van der Waals surface area (Å²) in [6.45, 7) is 7.70. The van der Waals surface area contributed by atoms with Gasteiger partial charge in [0.1, 0.15) is 12.4 Å². The van der Waals surface area contributed by atoms with Gasteiger partial charge in [-0.25, -0.2) is 9.79 Å². The Morgan fingerprint density at radius 2 is 1.89 bits per heavy atom. The number of rotatable bonds is 9. The highest BCUT2D eigenvalue weighted by Crippen LogP contribution is 2.35. The van der Waals surface area contributed by atoms with E-state index in [4.69, 9.17) is 18.9 Å². The van der Waals surface area contributed by atoms with Crippen molar-refractivity contribution < 1.29 is 23.7 Å². The largest absolute Gasteiger partial charge is 0.496 e. The second kappa shape index (κ2) is 11.8. The van der Waals surface area contributed by atoms with Gasteiger partial charge in [0, 0.05) is 0 Å². The summed E-state index contributed by atoms with van der Waals surface area (Å²) >= 11 is 4.77. The van der Waals surface area contributed by atoms with Gasteiger partial charge in [0.25, 0.3) is 5.56 Å². The van der Waals surface area contributed by atoms with Gasteiger partial charge in [0.2, 0.25) is 0 Å². The van der Waals surface area contributed by atoms with Crippen LogP contribution in [0.5, 0.6) is 17.2 Å². The first-order chi connectivity index (χ1) is 18.3. The molecule has 2 aromatic carbocycles. The molecule has 0 N–H and O–H groups in total. The summed E-state index contributed by atoms with van der Waals surface area (Å²) in [7, 11) is 3.13. The number of methoxy groups -OCH3 is 2. The van der Waals surface area contributed by atoms with Gasteiger partial charge in [-0.2, -0.15) is 0 Å². The molecule has 198 valence electrons. The number of hydrogen-bond acceptors (Lipinski definition) is 8. The van der Waals surface area contributed by atoms with E-state index in [2.05, 4.69) is 27.5 Å². The van der Waals surface area contributed by atoms with Crippen molar-refractivity contribution in [1.82, 2.24) is 4.57 Å². The molecule has 38 heavy (non-hydrogen) atoms. The zero-order chi connectivity index (χ0) is 27.4. The number of benzene rings is 2. The molecule has 10 heteroatoms. The maximum atomic E-state index is 13.8. The summed E-state index contributed by atoms with van der Waals surface area (Å²) in [5, 5.41) is 0. The van der Waals surface area contributed by atoms with Crippen molar-refractivity contribution in [1.29, 1.82) is 0 Å². The predicted octanol–water partition coefficient (Wildman–Crippen LogP) is 4.14. The number of allylic oxidation sites excluding steroid dienone is 1. The van der Waals surface area contributed by atoms with E-state index in [1.54, 1.807) is 63.0 Å². The van der Waals surface area contributed by atoms with Crippen molar-refractivity contribution in [2.24, 2.45) is 4.99 Å². The summed E-state index contributed by atoms with van der Waals surface area (Å²) in [5.41, 5.74) is 2.01. The summed E-state index contributed by atoms with van der Waals surface area (Å²) in [6.07, 6.45) is 3.42. The molecule has 0 spiro atoms. The number of thiazole rings is 1.